The molecule has 42 heavy (non-hydrogen) atoms. The standard InChI is InChI=1S/C33H40F3N3O3/c1-38(2)25-18-32(41,37-30(40)24(33(34,35)36)16-20-8-5-4-6-9-20)29-28-22(25)17-26-23-10-7-11-27(42-29)31(23,28)14-15-39(26,3)19-21-12-13-21/h4-6,8-9,16,18,21,23,26-27,29,41H,7,10-15,17,19H2,1-3H3/p+1/t23-,26+,27-,29?,31+,32?,39?/m0/s1. The Morgan fingerprint density at radius 3 is 2.60 bits per heavy atom. The zero-order chi connectivity index (χ0) is 29.7. The van der Waals surface area contributed by atoms with Crippen molar-refractivity contribution in [2.75, 3.05) is 34.2 Å². The van der Waals surface area contributed by atoms with Gasteiger partial charge in [-0.15, -0.1) is 0 Å². The summed E-state index contributed by atoms with van der Waals surface area (Å²) < 4.78 is 50.5. The van der Waals surface area contributed by atoms with Crippen LogP contribution in [0.1, 0.15) is 50.5 Å². The molecule has 2 aliphatic heterocycles. The van der Waals surface area contributed by atoms with Crippen molar-refractivity contribution in [3.05, 3.63) is 64.4 Å². The van der Waals surface area contributed by atoms with E-state index < -0.39 is 29.5 Å². The summed E-state index contributed by atoms with van der Waals surface area (Å²) in [6, 6.07) is 8.40. The van der Waals surface area contributed by atoms with Gasteiger partial charge in [-0.1, -0.05) is 36.8 Å². The number of nitrogens with zero attached hydrogens (tertiary/aromatic N) is 2. The number of alkyl halides is 3. The lowest BCUT2D eigenvalue weighted by atomic mass is 9.49. The number of piperidine rings is 1. The van der Waals surface area contributed by atoms with Crippen LogP contribution in [0.4, 0.5) is 13.2 Å². The molecule has 1 amide bonds. The first-order valence-electron chi connectivity index (χ1n) is 15.4. The number of quaternary nitrogens is 1. The molecule has 3 unspecified atom stereocenters. The summed E-state index contributed by atoms with van der Waals surface area (Å²) in [5.74, 6) is -0.179. The summed E-state index contributed by atoms with van der Waals surface area (Å²) in [5.41, 5.74) is -0.536. The third-order valence-corrected chi connectivity index (χ3v) is 11.2. The molecule has 2 saturated carbocycles. The molecule has 2 heterocycles. The highest BCUT2D eigenvalue weighted by Crippen LogP contribution is 2.68. The van der Waals surface area contributed by atoms with E-state index in [-0.39, 0.29) is 17.1 Å². The minimum absolute atomic E-state index is 0.121. The number of carbonyl (C=O) groups excluding carboxylic acids is 1. The number of allylic oxidation sites excluding steroid dienone is 1. The number of benzene rings is 1. The number of nitrogens with one attached hydrogen (secondary N) is 1. The molecule has 6 nitrogen and oxygen atoms in total. The zero-order valence-electron chi connectivity index (χ0n) is 24.6. The Bertz CT molecular complexity index is 1380. The number of likely N-dealkylation sites (tertiary alicyclic amines) is 1. The van der Waals surface area contributed by atoms with Crippen molar-refractivity contribution in [3.63, 3.8) is 0 Å². The lowest BCUT2D eigenvalue weighted by Crippen LogP contribution is -2.69. The summed E-state index contributed by atoms with van der Waals surface area (Å²) in [7, 11) is 6.21. The molecule has 1 spiro atoms. The number of rotatable bonds is 6. The first-order chi connectivity index (χ1) is 19.9. The Balaban J connectivity index is 1.30. The fraction of sp³-hybridized carbons (Fsp3) is 0.606. The van der Waals surface area contributed by atoms with E-state index in [0.717, 1.165) is 72.0 Å². The van der Waals surface area contributed by atoms with Crippen LogP contribution in [0, 0.1) is 17.3 Å². The first kappa shape index (κ1) is 28.2. The Morgan fingerprint density at radius 1 is 1.19 bits per heavy atom. The van der Waals surface area contributed by atoms with Gasteiger partial charge in [-0.2, -0.15) is 13.2 Å². The van der Waals surface area contributed by atoms with Gasteiger partial charge in [-0.05, 0) is 54.5 Å². The van der Waals surface area contributed by atoms with E-state index in [1.807, 2.05) is 19.0 Å². The lowest BCUT2D eigenvalue weighted by molar-refractivity contribution is -0.947. The van der Waals surface area contributed by atoms with Crippen molar-refractivity contribution in [2.24, 2.45) is 17.3 Å². The molecule has 9 heteroatoms. The minimum Gasteiger partial charge on any atom is -0.378 e. The van der Waals surface area contributed by atoms with Gasteiger partial charge < -0.3 is 24.5 Å². The van der Waals surface area contributed by atoms with Gasteiger partial charge in [0.2, 0.25) is 0 Å². The van der Waals surface area contributed by atoms with Gasteiger partial charge in [0, 0.05) is 49.9 Å². The van der Waals surface area contributed by atoms with Gasteiger partial charge in [-0.25, -0.2) is 0 Å². The fourth-order valence-corrected chi connectivity index (χ4v) is 9.29. The number of aliphatic hydroxyl groups is 1. The van der Waals surface area contributed by atoms with Crippen LogP contribution < -0.4 is 5.32 Å². The third-order valence-electron chi connectivity index (χ3n) is 11.2. The molecule has 7 atom stereocenters. The van der Waals surface area contributed by atoms with Crippen LogP contribution in [-0.2, 0) is 9.53 Å². The van der Waals surface area contributed by atoms with E-state index in [1.165, 1.54) is 31.5 Å². The second-order valence-electron chi connectivity index (χ2n) is 14.0. The van der Waals surface area contributed by atoms with Crippen molar-refractivity contribution >= 4 is 12.0 Å². The topological polar surface area (TPSA) is 61.8 Å². The maximum Gasteiger partial charge on any atom is 0.421 e. The highest BCUT2D eigenvalue weighted by Gasteiger charge is 2.71. The maximum absolute atomic E-state index is 14.2. The van der Waals surface area contributed by atoms with Gasteiger partial charge in [0.25, 0.3) is 5.91 Å². The molecule has 2 N–H and O–H groups in total. The first-order valence-corrected chi connectivity index (χ1v) is 15.4. The van der Waals surface area contributed by atoms with Crippen molar-refractivity contribution in [1.82, 2.24) is 10.2 Å². The predicted molar refractivity (Wildman–Crippen MR) is 152 cm³/mol. The molecular weight excluding hydrogens is 543 g/mol. The van der Waals surface area contributed by atoms with E-state index in [0.29, 0.717) is 12.0 Å². The highest BCUT2D eigenvalue weighted by atomic mass is 19.4. The van der Waals surface area contributed by atoms with E-state index in [2.05, 4.69) is 12.4 Å². The fourth-order valence-electron chi connectivity index (χ4n) is 9.29. The summed E-state index contributed by atoms with van der Waals surface area (Å²) in [6.07, 6.45) is 3.81. The number of ether oxygens (including phenoxy) is 1. The van der Waals surface area contributed by atoms with E-state index >= 15 is 0 Å². The van der Waals surface area contributed by atoms with Gasteiger partial charge in [0.1, 0.15) is 11.7 Å². The van der Waals surface area contributed by atoms with Crippen LogP contribution in [-0.4, -0.2) is 84.8 Å². The van der Waals surface area contributed by atoms with Crippen LogP contribution >= 0.6 is 0 Å². The van der Waals surface area contributed by atoms with E-state index in [9.17, 15) is 23.1 Å². The average molecular weight is 585 g/mol. The molecule has 6 aliphatic rings. The molecule has 7 rings (SSSR count). The van der Waals surface area contributed by atoms with E-state index in [4.69, 9.17) is 4.74 Å². The van der Waals surface area contributed by atoms with Crippen LogP contribution in [0.25, 0.3) is 6.08 Å². The second kappa shape index (κ2) is 9.44. The van der Waals surface area contributed by atoms with Crippen LogP contribution in [0.15, 0.2) is 58.8 Å². The molecule has 226 valence electrons. The highest BCUT2D eigenvalue weighted by molar-refractivity contribution is 5.99. The minimum atomic E-state index is -4.91. The molecule has 4 fully saturated rings. The molecule has 1 aromatic rings. The Labute approximate surface area is 245 Å². The molecule has 1 aromatic carbocycles. The maximum atomic E-state index is 14.2. The number of hydrogen-bond donors (Lipinski definition) is 2. The summed E-state index contributed by atoms with van der Waals surface area (Å²) in [4.78, 5) is 15.4. The number of hydrogen-bond acceptors (Lipinski definition) is 4. The van der Waals surface area contributed by atoms with Crippen LogP contribution in [0.3, 0.4) is 0 Å². The molecule has 2 bridgehead atoms. The van der Waals surface area contributed by atoms with Gasteiger partial charge in [0.05, 0.1) is 32.3 Å². The largest absolute Gasteiger partial charge is 0.421 e. The van der Waals surface area contributed by atoms with Crippen molar-refractivity contribution in [3.8, 4) is 0 Å². The SMILES string of the molecule is CN(C)C1=CC(O)(NC(=O)C(=Cc2ccccc2)C(F)(F)F)C2O[C@H]3CCC[C@H]4[C@H]5CC1=C2[C@@]34CC[N+]5(C)CC1CC1. The Morgan fingerprint density at radius 2 is 1.93 bits per heavy atom. The monoisotopic (exact) mass is 584 g/mol. The number of carbonyl (C=O) groups is 1. The van der Waals surface area contributed by atoms with Gasteiger partial charge >= 0.3 is 6.18 Å². The normalized spacial score (nSPS) is 39.0. The quantitative estimate of drug-likeness (QED) is 0.287. The lowest BCUT2D eigenvalue weighted by Gasteiger charge is -2.62. The Kier molecular flexibility index (Phi) is 6.33. The molecule has 4 aliphatic carbocycles. The number of amides is 1. The third kappa shape index (κ3) is 4.21. The second-order valence-corrected chi connectivity index (χ2v) is 14.0. The number of halogens is 3. The van der Waals surface area contributed by atoms with Gasteiger partial charge in [-0.3, -0.25) is 4.79 Å². The summed E-state index contributed by atoms with van der Waals surface area (Å²) in [5, 5.41) is 14.6. The molecule has 0 aromatic heterocycles. The van der Waals surface area contributed by atoms with Gasteiger partial charge in [0.15, 0.2) is 5.72 Å². The summed E-state index contributed by atoms with van der Waals surface area (Å²) >= 11 is 0. The zero-order valence-corrected chi connectivity index (χ0v) is 24.6. The van der Waals surface area contributed by atoms with Crippen molar-refractivity contribution in [2.45, 2.75) is 75.1 Å². The van der Waals surface area contributed by atoms with Crippen molar-refractivity contribution < 1.29 is 32.3 Å². The predicted octanol–water partition coefficient (Wildman–Crippen LogP) is 4.78. The Hall–Kier alpha value is -2.62. The van der Waals surface area contributed by atoms with Crippen molar-refractivity contribution in [1.29, 1.82) is 0 Å². The number of likely N-dealkylation sites (N-methyl/N-ethyl adjacent to an activating group) is 1. The average Bonchev–Trinajstić information content (AvgIpc) is 3.67. The molecule has 0 radical (unpaired) electrons. The van der Waals surface area contributed by atoms with E-state index in [1.54, 1.807) is 24.3 Å². The molecular formula is C33H41F3N3O3+. The van der Waals surface area contributed by atoms with Crippen LogP contribution in [0.5, 0.6) is 0 Å². The van der Waals surface area contributed by atoms with Crippen LogP contribution in [0.2, 0.25) is 0 Å². The summed E-state index contributed by atoms with van der Waals surface area (Å²) in [6.45, 7) is 2.23. The smallest absolute Gasteiger partial charge is 0.378 e. The molecule has 2 saturated heterocycles.